The van der Waals surface area contributed by atoms with Gasteiger partial charge >= 0.3 is 0 Å². The van der Waals surface area contributed by atoms with E-state index < -0.39 is 10.0 Å². The first-order chi connectivity index (χ1) is 11.3. The number of nitrogens with one attached hydrogen (secondary N) is 2. The van der Waals surface area contributed by atoms with E-state index in [1.807, 2.05) is 6.92 Å². The number of anilines is 1. The minimum absolute atomic E-state index is 0.0762. The molecule has 1 aromatic carbocycles. The third kappa shape index (κ3) is 5.03. The number of nitrogens with two attached hydrogens (primary N) is 1. The van der Waals surface area contributed by atoms with Crippen LogP contribution in [0.2, 0.25) is 0 Å². The molecular weight excluding hydrogens is 326 g/mol. The summed E-state index contributed by atoms with van der Waals surface area (Å²) >= 11 is 0. The van der Waals surface area contributed by atoms with Gasteiger partial charge in [0.15, 0.2) is 0 Å². The van der Waals surface area contributed by atoms with E-state index in [4.69, 9.17) is 5.14 Å². The Morgan fingerprint density at radius 2 is 2.21 bits per heavy atom. The van der Waals surface area contributed by atoms with Crippen molar-refractivity contribution in [3.63, 3.8) is 0 Å². The van der Waals surface area contributed by atoms with Crippen molar-refractivity contribution in [1.82, 2.24) is 5.32 Å². The highest BCUT2D eigenvalue weighted by Crippen LogP contribution is 2.24. The van der Waals surface area contributed by atoms with Gasteiger partial charge in [-0.15, -0.1) is 0 Å². The van der Waals surface area contributed by atoms with Gasteiger partial charge in [0, 0.05) is 12.1 Å². The number of piperidine rings is 1. The van der Waals surface area contributed by atoms with E-state index in [1.54, 1.807) is 12.1 Å². The van der Waals surface area contributed by atoms with E-state index in [9.17, 15) is 13.2 Å². The summed E-state index contributed by atoms with van der Waals surface area (Å²) in [5, 5.41) is 11.4. The van der Waals surface area contributed by atoms with E-state index in [0.717, 1.165) is 25.9 Å². The molecule has 1 saturated heterocycles. The summed E-state index contributed by atoms with van der Waals surface area (Å²) < 4.78 is 23.4. The molecular formula is C17H27N3O3S. The first-order valence-electron chi connectivity index (χ1n) is 8.47. The normalized spacial score (nSPS) is 19.7. The van der Waals surface area contributed by atoms with Gasteiger partial charge in [-0.1, -0.05) is 19.9 Å². The number of amides is 1. The topological polar surface area (TPSA) is 101 Å². The summed E-state index contributed by atoms with van der Waals surface area (Å²) in [6.07, 6.45) is 3.27. The summed E-state index contributed by atoms with van der Waals surface area (Å²) in [6, 6.07) is 4.86. The summed E-state index contributed by atoms with van der Waals surface area (Å²) in [6.45, 7) is 5.96. The standard InChI is InChI=1S/C17H27N3O3S/c1-3-13-6-7-15(10-16(13)24(18,22)23)20-17(21)9-12(2)14-5-4-8-19-11-14/h6-7,10,12,14,19H,3-5,8-9,11H2,1-2H3,(H,20,21)(H2,18,22,23). The predicted octanol–water partition coefficient (Wildman–Crippen LogP) is 1.86. The second-order valence-corrected chi connectivity index (χ2v) is 8.09. The molecule has 1 aliphatic rings. The summed E-state index contributed by atoms with van der Waals surface area (Å²) in [4.78, 5) is 12.3. The molecule has 1 fully saturated rings. The maximum Gasteiger partial charge on any atom is 0.238 e. The van der Waals surface area contributed by atoms with Crippen molar-refractivity contribution >= 4 is 21.6 Å². The van der Waals surface area contributed by atoms with Gasteiger partial charge in [-0.05, 0) is 61.9 Å². The van der Waals surface area contributed by atoms with Crippen LogP contribution in [0.1, 0.15) is 38.7 Å². The molecule has 2 atom stereocenters. The minimum Gasteiger partial charge on any atom is -0.326 e. The van der Waals surface area contributed by atoms with Gasteiger partial charge in [0.05, 0.1) is 4.90 Å². The fraction of sp³-hybridized carbons (Fsp3) is 0.588. The van der Waals surface area contributed by atoms with Crippen LogP contribution in [-0.2, 0) is 21.2 Å². The minimum atomic E-state index is -3.80. The van der Waals surface area contributed by atoms with Gasteiger partial charge in [0.1, 0.15) is 0 Å². The van der Waals surface area contributed by atoms with Crippen LogP contribution in [0, 0.1) is 11.8 Å². The fourth-order valence-corrected chi connectivity index (χ4v) is 4.09. The largest absolute Gasteiger partial charge is 0.326 e. The van der Waals surface area contributed by atoms with Crippen molar-refractivity contribution in [1.29, 1.82) is 0 Å². The van der Waals surface area contributed by atoms with Crippen molar-refractivity contribution in [3.05, 3.63) is 23.8 Å². The second kappa shape index (κ2) is 8.09. The van der Waals surface area contributed by atoms with Crippen molar-refractivity contribution < 1.29 is 13.2 Å². The summed E-state index contributed by atoms with van der Waals surface area (Å²) in [5.41, 5.74) is 1.12. The Hall–Kier alpha value is -1.44. The predicted molar refractivity (Wildman–Crippen MR) is 95.2 cm³/mol. The first kappa shape index (κ1) is 18.9. The molecule has 0 aromatic heterocycles. The lowest BCUT2D eigenvalue weighted by Crippen LogP contribution is -2.34. The van der Waals surface area contributed by atoms with Crippen LogP contribution in [0.4, 0.5) is 5.69 Å². The molecule has 0 bridgehead atoms. The number of sulfonamides is 1. The van der Waals surface area contributed by atoms with Crippen molar-refractivity contribution in [2.45, 2.75) is 44.4 Å². The molecule has 4 N–H and O–H groups in total. The molecule has 0 saturated carbocycles. The molecule has 0 radical (unpaired) electrons. The lowest BCUT2D eigenvalue weighted by Gasteiger charge is -2.28. The molecule has 2 rings (SSSR count). The number of carbonyl (C=O) groups is 1. The maximum absolute atomic E-state index is 12.3. The number of rotatable bonds is 6. The Morgan fingerprint density at radius 1 is 1.46 bits per heavy atom. The number of benzene rings is 1. The highest BCUT2D eigenvalue weighted by Gasteiger charge is 2.22. The van der Waals surface area contributed by atoms with Crippen LogP contribution in [-0.4, -0.2) is 27.4 Å². The average Bonchev–Trinajstić information content (AvgIpc) is 2.54. The zero-order valence-corrected chi connectivity index (χ0v) is 15.2. The van der Waals surface area contributed by atoms with E-state index in [-0.39, 0.29) is 16.7 Å². The second-order valence-electron chi connectivity index (χ2n) is 6.56. The average molecular weight is 353 g/mol. The monoisotopic (exact) mass is 353 g/mol. The van der Waals surface area contributed by atoms with Crippen molar-refractivity contribution in [3.8, 4) is 0 Å². The Morgan fingerprint density at radius 3 is 2.79 bits per heavy atom. The fourth-order valence-electron chi connectivity index (χ4n) is 3.22. The van der Waals surface area contributed by atoms with Gasteiger partial charge in [0.2, 0.25) is 15.9 Å². The lowest BCUT2D eigenvalue weighted by atomic mass is 9.85. The van der Waals surface area contributed by atoms with Gasteiger partial charge in [-0.25, -0.2) is 13.6 Å². The molecule has 1 heterocycles. The highest BCUT2D eigenvalue weighted by molar-refractivity contribution is 7.89. The van der Waals surface area contributed by atoms with Crippen LogP contribution >= 0.6 is 0 Å². The van der Waals surface area contributed by atoms with E-state index >= 15 is 0 Å². The van der Waals surface area contributed by atoms with Crippen molar-refractivity contribution in [2.24, 2.45) is 17.0 Å². The zero-order chi connectivity index (χ0) is 17.7. The van der Waals surface area contributed by atoms with Gasteiger partial charge < -0.3 is 10.6 Å². The Bertz CT molecular complexity index is 682. The number of aryl methyl sites for hydroxylation is 1. The van der Waals surface area contributed by atoms with Crippen LogP contribution < -0.4 is 15.8 Å². The van der Waals surface area contributed by atoms with Crippen molar-refractivity contribution in [2.75, 3.05) is 18.4 Å². The summed E-state index contributed by atoms with van der Waals surface area (Å²) in [5.74, 6) is 0.690. The van der Waals surface area contributed by atoms with Crippen LogP contribution in [0.5, 0.6) is 0 Å². The quantitative estimate of drug-likeness (QED) is 0.726. The number of hydrogen-bond donors (Lipinski definition) is 3. The Labute approximate surface area is 144 Å². The molecule has 24 heavy (non-hydrogen) atoms. The van der Waals surface area contributed by atoms with Crippen LogP contribution in [0.3, 0.4) is 0 Å². The Balaban J connectivity index is 2.03. The molecule has 0 spiro atoms. The first-order valence-corrected chi connectivity index (χ1v) is 10.0. The number of carbonyl (C=O) groups excluding carboxylic acids is 1. The van der Waals surface area contributed by atoms with E-state index in [0.29, 0.717) is 30.0 Å². The SMILES string of the molecule is CCc1ccc(NC(=O)CC(C)C2CCCNC2)cc1S(N)(=O)=O. The third-order valence-corrected chi connectivity index (χ3v) is 5.68. The Kier molecular flexibility index (Phi) is 6.37. The van der Waals surface area contributed by atoms with E-state index in [2.05, 4.69) is 17.6 Å². The summed E-state index contributed by atoms with van der Waals surface area (Å²) in [7, 11) is -3.80. The van der Waals surface area contributed by atoms with Gasteiger partial charge in [-0.2, -0.15) is 0 Å². The number of hydrogen-bond acceptors (Lipinski definition) is 4. The maximum atomic E-state index is 12.3. The molecule has 1 aromatic rings. The van der Waals surface area contributed by atoms with E-state index in [1.165, 1.54) is 6.07 Å². The molecule has 2 unspecified atom stereocenters. The van der Waals surface area contributed by atoms with Crippen LogP contribution in [0.25, 0.3) is 0 Å². The smallest absolute Gasteiger partial charge is 0.238 e. The number of primary sulfonamides is 1. The zero-order valence-electron chi connectivity index (χ0n) is 14.3. The van der Waals surface area contributed by atoms with Gasteiger partial charge in [0.25, 0.3) is 0 Å². The third-order valence-electron chi connectivity index (χ3n) is 4.69. The molecule has 7 heteroatoms. The molecule has 6 nitrogen and oxygen atoms in total. The molecule has 1 amide bonds. The van der Waals surface area contributed by atoms with Gasteiger partial charge in [-0.3, -0.25) is 4.79 Å². The molecule has 134 valence electrons. The molecule has 1 aliphatic heterocycles. The lowest BCUT2D eigenvalue weighted by molar-refractivity contribution is -0.117. The highest BCUT2D eigenvalue weighted by atomic mass is 32.2. The molecule has 0 aliphatic carbocycles. The van der Waals surface area contributed by atoms with Crippen LogP contribution in [0.15, 0.2) is 23.1 Å².